The van der Waals surface area contributed by atoms with E-state index in [4.69, 9.17) is 4.74 Å². The summed E-state index contributed by atoms with van der Waals surface area (Å²) >= 11 is 3.30. The van der Waals surface area contributed by atoms with Gasteiger partial charge in [-0.2, -0.15) is 0 Å². The van der Waals surface area contributed by atoms with Gasteiger partial charge in [-0.15, -0.1) is 0 Å². The standard InChI is InChI=1S/C16H18BrFN2O/c1-3-4-13-7-11(10-19-2)8-16(20-13)21-15-6-5-12(18)9-14(15)17/h5-9,19H,3-4,10H2,1-2H3. The van der Waals surface area contributed by atoms with Gasteiger partial charge in [-0.25, -0.2) is 9.37 Å². The number of aromatic nitrogens is 1. The smallest absolute Gasteiger partial charge is 0.219 e. The molecule has 21 heavy (non-hydrogen) atoms. The first-order valence-electron chi connectivity index (χ1n) is 6.89. The normalized spacial score (nSPS) is 10.7. The van der Waals surface area contributed by atoms with Crippen LogP contribution < -0.4 is 10.1 Å². The molecular formula is C16H18BrFN2O. The van der Waals surface area contributed by atoms with Crippen molar-refractivity contribution < 1.29 is 9.13 Å². The van der Waals surface area contributed by atoms with Gasteiger partial charge < -0.3 is 10.1 Å². The molecule has 5 heteroatoms. The molecule has 0 saturated heterocycles. The van der Waals surface area contributed by atoms with Crippen molar-refractivity contribution in [3.63, 3.8) is 0 Å². The minimum atomic E-state index is -0.308. The average Bonchev–Trinajstić information content (AvgIpc) is 2.42. The van der Waals surface area contributed by atoms with Crippen molar-refractivity contribution in [3.8, 4) is 11.6 Å². The Morgan fingerprint density at radius 2 is 2.10 bits per heavy atom. The molecule has 1 heterocycles. The van der Waals surface area contributed by atoms with Gasteiger partial charge in [0.2, 0.25) is 5.88 Å². The Morgan fingerprint density at radius 3 is 2.76 bits per heavy atom. The highest BCUT2D eigenvalue weighted by Gasteiger charge is 2.08. The summed E-state index contributed by atoms with van der Waals surface area (Å²) in [4.78, 5) is 4.50. The summed E-state index contributed by atoms with van der Waals surface area (Å²) < 4.78 is 19.5. The molecule has 3 nitrogen and oxygen atoms in total. The third-order valence-electron chi connectivity index (χ3n) is 2.91. The number of benzene rings is 1. The predicted molar refractivity (Wildman–Crippen MR) is 85.2 cm³/mol. The second-order valence-electron chi connectivity index (χ2n) is 4.76. The van der Waals surface area contributed by atoms with E-state index in [-0.39, 0.29) is 5.82 Å². The van der Waals surface area contributed by atoms with Crippen molar-refractivity contribution in [2.24, 2.45) is 0 Å². The minimum absolute atomic E-state index is 0.308. The highest BCUT2D eigenvalue weighted by Crippen LogP contribution is 2.30. The molecule has 0 spiro atoms. The molecule has 2 aromatic rings. The summed E-state index contributed by atoms with van der Waals surface area (Å²) in [5.41, 5.74) is 2.11. The number of aryl methyl sites for hydroxylation is 1. The van der Waals surface area contributed by atoms with E-state index in [9.17, 15) is 4.39 Å². The Labute approximate surface area is 132 Å². The van der Waals surface area contributed by atoms with E-state index in [0.717, 1.165) is 30.6 Å². The van der Waals surface area contributed by atoms with Crippen LogP contribution in [0, 0.1) is 5.82 Å². The molecule has 0 fully saturated rings. The molecule has 1 N–H and O–H groups in total. The van der Waals surface area contributed by atoms with Crippen molar-refractivity contribution in [1.29, 1.82) is 0 Å². The van der Waals surface area contributed by atoms with Gasteiger partial charge in [-0.3, -0.25) is 0 Å². The molecule has 0 aliphatic heterocycles. The van der Waals surface area contributed by atoms with Gasteiger partial charge >= 0.3 is 0 Å². The maximum atomic E-state index is 13.1. The number of halogens is 2. The highest BCUT2D eigenvalue weighted by molar-refractivity contribution is 9.10. The lowest BCUT2D eigenvalue weighted by atomic mass is 10.1. The van der Waals surface area contributed by atoms with Crippen molar-refractivity contribution in [3.05, 3.63) is 51.9 Å². The van der Waals surface area contributed by atoms with Crippen LogP contribution in [0.1, 0.15) is 24.6 Å². The average molecular weight is 353 g/mol. The van der Waals surface area contributed by atoms with E-state index in [2.05, 4.69) is 39.2 Å². The van der Waals surface area contributed by atoms with E-state index in [1.165, 1.54) is 12.1 Å². The lowest BCUT2D eigenvalue weighted by Crippen LogP contribution is -2.06. The van der Waals surface area contributed by atoms with Crippen LogP contribution in [0.15, 0.2) is 34.8 Å². The summed E-state index contributed by atoms with van der Waals surface area (Å²) in [6.07, 6.45) is 1.92. The highest BCUT2D eigenvalue weighted by atomic mass is 79.9. The van der Waals surface area contributed by atoms with E-state index in [1.807, 2.05) is 13.1 Å². The molecule has 1 aromatic heterocycles. The lowest BCUT2D eigenvalue weighted by Gasteiger charge is -2.11. The lowest BCUT2D eigenvalue weighted by molar-refractivity contribution is 0.455. The zero-order chi connectivity index (χ0) is 15.2. The molecule has 0 radical (unpaired) electrons. The molecule has 0 amide bonds. The maximum Gasteiger partial charge on any atom is 0.219 e. The van der Waals surface area contributed by atoms with Crippen LogP contribution in [-0.2, 0) is 13.0 Å². The van der Waals surface area contributed by atoms with Crippen molar-refractivity contribution in [2.45, 2.75) is 26.3 Å². The molecule has 0 bridgehead atoms. The van der Waals surface area contributed by atoms with Crippen molar-refractivity contribution in [1.82, 2.24) is 10.3 Å². The molecule has 112 valence electrons. The third kappa shape index (κ3) is 4.51. The minimum Gasteiger partial charge on any atom is -0.438 e. The predicted octanol–water partition coefficient (Wildman–Crippen LogP) is 4.45. The summed E-state index contributed by atoms with van der Waals surface area (Å²) in [5, 5.41) is 3.12. The summed E-state index contributed by atoms with van der Waals surface area (Å²) in [6.45, 7) is 2.86. The zero-order valence-electron chi connectivity index (χ0n) is 12.1. The van der Waals surface area contributed by atoms with Gasteiger partial charge in [-0.1, -0.05) is 13.3 Å². The van der Waals surface area contributed by atoms with Gasteiger partial charge in [-0.05, 0) is 59.2 Å². The summed E-state index contributed by atoms with van der Waals surface area (Å²) in [6, 6.07) is 8.30. The van der Waals surface area contributed by atoms with Gasteiger partial charge in [0.1, 0.15) is 11.6 Å². The van der Waals surface area contributed by atoms with E-state index in [1.54, 1.807) is 6.07 Å². The molecule has 0 aliphatic carbocycles. The van der Waals surface area contributed by atoms with Crippen molar-refractivity contribution >= 4 is 15.9 Å². The van der Waals surface area contributed by atoms with Crippen LogP contribution in [0.2, 0.25) is 0 Å². The number of rotatable bonds is 6. The van der Waals surface area contributed by atoms with Gasteiger partial charge in [0.05, 0.1) is 4.47 Å². The quantitative estimate of drug-likeness (QED) is 0.833. The number of hydrogen-bond donors (Lipinski definition) is 1. The van der Waals surface area contributed by atoms with Crippen LogP contribution in [0.4, 0.5) is 4.39 Å². The largest absolute Gasteiger partial charge is 0.438 e. The molecule has 0 aliphatic rings. The summed E-state index contributed by atoms with van der Waals surface area (Å²) in [7, 11) is 1.90. The number of hydrogen-bond acceptors (Lipinski definition) is 3. The fourth-order valence-electron chi connectivity index (χ4n) is 2.03. The topological polar surface area (TPSA) is 34.1 Å². The monoisotopic (exact) mass is 352 g/mol. The Kier molecular flexibility index (Phi) is 5.70. The molecule has 0 atom stereocenters. The zero-order valence-corrected chi connectivity index (χ0v) is 13.7. The second-order valence-corrected chi connectivity index (χ2v) is 5.62. The van der Waals surface area contributed by atoms with Crippen LogP contribution >= 0.6 is 15.9 Å². The number of nitrogens with zero attached hydrogens (tertiary/aromatic N) is 1. The van der Waals surface area contributed by atoms with E-state index >= 15 is 0 Å². The van der Waals surface area contributed by atoms with Crippen LogP contribution in [-0.4, -0.2) is 12.0 Å². The SMILES string of the molecule is CCCc1cc(CNC)cc(Oc2ccc(F)cc2Br)n1. The number of ether oxygens (including phenoxy) is 1. The Balaban J connectivity index is 2.29. The van der Waals surface area contributed by atoms with Gasteiger partial charge in [0.15, 0.2) is 0 Å². The first kappa shape index (κ1) is 15.9. The summed E-state index contributed by atoms with van der Waals surface area (Å²) in [5.74, 6) is 0.768. The fraction of sp³-hybridized carbons (Fsp3) is 0.312. The maximum absolute atomic E-state index is 13.1. The Hall–Kier alpha value is -1.46. The Morgan fingerprint density at radius 1 is 1.29 bits per heavy atom. The van der Waals surface area contributed by atoms with Crippen molar-refractivity contribution in [2.75, 3.05) is 7.05 Å². The molecule has 2 rings (SSSR count). The van der Waals surface area contributed by atoms with E-state index < -0.39 is 0 Å². The van der Waals surface area contributed by atoms with E-state index in [0.29, 0.717) is 16.1 Å². The first-order chi connectivity index (χ1) is 10.1. The molecule has 0 saturated carbocycles. The fourth-order valence-corrected chi connectivity index (χ4v) is 2.47. The van der Waals surface area contributed by atoms with Crippen LogP contribution in [0.5, 0.6) is 11.6 Å². The second kappa shape index (κ2) is 7.52. The molecule has 0 unspecified atom stereocenters. The Bertz CT molecular complexity index is 595. The van der Waals surface area contributed by atoms with Crippen LogP contribution in [0.3, 0.4) is 0 Å². The molecular weight excluding hydrogens is 335 g/mol. The van der Waals surface area contributed by atoms with Gasteiger partial charge in [0.25, 0.3) is 0 Å². The first-order valence-corrected chi connectivity index (χ1v) is 7.69. The molecule has 1 aromatic carbocycles. The van der Waals surface area contributed by atoms with Gasteiger partial charge in [0, 0.05) is 18.3 Å². The number of pyridine rings is 1. The third-order valence-corrected chi connectivity index (χ3v) is 3.53. The number of nitrogens with one attached hydrogen (secondary N) is 1. The van der Waals surface area contributed by atoms with Crippen LogP contribution in [0.25, 0.3) is 0 Å².